The molecule has 1 aliphatic heterocycles. The smallest absolute Gasteiger partial charge is 0.246 e. The molecule has 1 aromatic heterocycles. The Labute approximate surface area is 147 Å². The van der Waals surface area contributed by atoms with Crippen molar-refractivity contribution in [2.24, 2.45) is 5.92 Å². The first-order chi connectivity index (χ1) is 11.9. The van der Waals surface area contributed by atoms with Crippen LogP contribution in [0, 0.1) is 19.8 Å². The summed E-state index contributed by atoms with van der Waals surface area (Å²) in [5, 5.41) is 23.7. The first-order valence-electron chi connectivity index (χ1n) is 8.27. The van der Waals surface area contributed by atoms with Crippen LogP contribution in [0.2, 0.25) is 0 Å². The van der Waals surface area contributed by atoms with Gasteiger partial charge in [0, 0.05) is 25.6 Å². The molecule has 0 radical (unpaired) electrons. The summed E-state index contributed by atoms with van der Waals surface area (Å²) in [5.41, 5.74) is 1.77. The van der Waals surface area contributed by atoms with Crippen LogP contribution in [0.15, 0.2) is 35.2 Å². The summed E-state index contributed by atoms with van der Waals surface area (Å²) in [6.07, 6.45) is -0.430. The molecule has 2 N–H and O–H groups in total. The van der Waals surface area contributed by atoms with E-state index in [2.05, 4.69) is 5.10 Å². The van der Waals surface area contributed by atoms with Crippen molar-refractivity contribution in [3.05, 3.63) is 41.7 Å². The van der Waals surface area contributed by atoms with Gasteiger partial charge in [0.25, 0.3) is 0 Å². The predicted molar refractivity (Wildman–Crippen MR) is 93.0 cm³/mol. The summed E-state index contributed by atoms with van der Waals surface area (Å²) in [5.74, 6) is -0.277. The third-order valence-electron chi connectivity index (χ3n) is 4.74. The summed E-state index contributed by atoms with van der Waals surface area (Å²) in [6.45, 7) is 3.54. The minimum atomic E-state index is -3.77. The fourth-order valence-electron chi connectivity index (χ4n) is 3.33. The molecular formula is C17H23N3O4S. The molecular weight excluding hydrogens is 342 g/mol. The minimum Gasteiger partial charge on any atom is -0.396 e. The van der Waals surface area contributed by atoms with Gasteiger partial charge in [-0.25, -0.2) is 13.1 Å². The van der Waals surface area contributed by atoms with Gasteiger partial charge in [-0.2, -0.15) is 9.40 Å². The second-order valence-electron chi connectivity index (χ2n) is 6.41. The Hall–Kier alpha value is -1.74. The quantitative estimate of drug-likeness (QED) is 0.838. The first-order valence-corrected chi connectivity index (χ1v) is 9.71. The van der Waals surface area contributed by atoms with E-state index < -0.39 is 16.1 Å². The second-order valence-corrected chi connectivity index (χ2v) is 8.28. The highest BCUT2D eigenvalue weighted by Gasteiger charge is 2.37. The summed E-state index contributed by atoms with van der Waals surface area (Å²) in [7, 11) is -3.77. The summed E-state index contributed by atoms with van der Waals surface area (Å²) < 4.78 is 29.1. The van der Waals surface area contributed by atoms with Gasteiger partial charge in [-0.1, -0.05) is 18.2 Å². The molecule has 1 aliphatic rings. The zero-order valence-electron chi connectivity index (χ0n) is 14.3. The van der Waals surface area contributed by atoms with Gasteiger partial charge in [-0.15, -0.1) is 0 Å². The van der Waals surface area contributed by atoms with Crippen molar-refractivity contribution in [2.45, 2.75) is 31.3 Å². The Morgan fingerprint density at radius 1 is 1.24 bits per heavy atom. The van der Waals surface area contributed by atoms with Crippen LogP contribution in [0.4, 0.5) is 0 Å². The van der Waals surface area contributed by atoms with E-state index in [1.165, 1.54) is 4.31 Å². The second kappa shape index (κ2) is 6.87. The monoisotopic (exact) mass is 365 g/mol. The van der Waals surface area contributed by atoms with Gasteiger partial charge < -0.3 is 10.2 Å². The average Bonchev–Trinajstić information content (AvgIpc) is 2.90. The normalized spacial score (nSPS) is 22.2. The van der Waals surface area contributed by atoms with Crippen LogP contribution in [0.5, 0.6) is 0 Å². The van der Waals surface area contributed by atoms with Crippen molar-refractivity contribution in [1.29, 1.82) is 0 Å². The van der Waals surface area contributed by atoms with E-state index in [9.17, 15) is 18.6 Å². The molecule has 136 valence electrons. The molecule has 1 aromatic carbocycles. The Balaban J connectivity index is 1.98. The van der Waals surface area contributed by atoms with Crippen LogP contribution in [-0.4, -0.2) is 58.5 Å². The maximum absolute atomic E-state index is 13.1. The fraction of sp³-hybridized carbons (Fsp3) is 0.471. The number of hydrogen-bond donors (Lipinski definition) is 2. The molecule has 25 heavy (non-hydrogen) atoms. The lowest BCUT2D eigenvalue weighted by Crippen LogP contribution is -2.47. The lowest BCUT2D eigenvalue weighted by molar-refractivity contribution is 0.0221. The van der Waals surface area contributed by atoms with Gasteiger partial charge in [0.2, 0.25) is 10.0 Å². The summed E-state index contributed by atoms with van der Waals surface area (Å²) >= 11 is 0. The number of benzene rings is 1. The number of aliphatic hydroxyl groups is 2. The maximum atomic E-state index is 13.1. The molecule has 0 spiro atoms. The van der Waals surface area contributed by atoms with Gasteiger partial charge in [0.15, 0.2) is 0 Å². The van der Waals surface area contributed by atoms with Crippen molar-refractivity contribution in [3.8, 4) is 5.69 Å². The third kappa shape index (κ3) is 3.22. The average molecular weight is 365 g/mol. The lowest BCUT2D eigenvalue weighted by atomic mass is 9.96. The topological polar surface area (TPSA) is 95.7 Å². The highest BCUT2D eigenvalue weighted by Crippen LogP contribution is 2.29. The number of para-hydroxylation sites is 1. The van der Waals surface area contributed by atoms with E-state index in [1.807, 2.05) is 30.3 Å². The Kier molecular flexibility index (Phi) is 4.97. The molecule has 0 saturated carbocycles. The largest absolute Gasteiger partial charge is 0.396 e. The number of aromatic nitrogens is 2. The number of piperidine rings is 1. The van der Waals surface area contributed by atoms with Gasteiger partial charge >= 0.3 is 0 Å². The zero-order chi connectivity index (χ0) is 18.2. The van der Waals surface area contributed by atoms with E-state index in [4.69, 9.17) is 0 Å². The van der Waals surface area contributed by atoms with E-state index >= 15 is 0 Å². The fourth-order valence-corrected chi connectivity index (χ4v) is 5.16. The highest BCUT2D eigenvalue weighted by molar-refractivity contribution is 7.89. The Bertz CT molecular complexity index is 848. The van der Waals surface area contributed by atoms with Gasteiger partial charge in [0.05, 0.1) is 23.2 Å². The number of rotatable bonds is 4. The standard InChI is InChI=1S/C17H23N3O4S/c1-12-17(13(2)20(18-12)15-6-4-3-5-7-15)25(23,24)19-9-8-14(11-21)16(22)10-19/h3-7,14,16,21-22H,8-11H2,1-2H3/t14-,16-/m1/s1. The number of β-amino-alcohol motifs (C(OH)–C–C–N with tert-alkyl or cyclic N) is 1. The maximum Gasteiger partial charge on any atom is 0.246 e. The van der Waals surface area contributed by atoms with Crippen LogP contribution in [0.25, 0.3) is 5.69 Å². The number of sulfonamides is 1. The van der Waals surface area contributed by atoms with Gasteiger partial charge in [0.1, 0.15) is 4.90 Å². The number of hydrogen-bond acceptors (Lipinski definition) is 5. The van der Waals surface area contributed by atoms with Crippen molar-refractivity contribution in [2.75, 3.05) is 19.7 Å². The van der Waals surface area contributed by atoms with E-state index in [0.29, 0.717) is 17.8 Å². The number of aryl methyl sites for hydroxylation is 1. The molecule has 2 aromatic rings. The molecule has 3 rings (SSSR count). The van der Waals surface area contributed by atoms with E-state index in [1.54, 1.807) is 18.5 Å². The Morgan fingerprint density at radius 3 is 2.52 bits per heavy atom. The van der Waals surface area contributed by atoms with E-state index in [-0.39, 0.29) is 30.5 Å². The molecule has 0 aliphatic carbocycles. The van der Waals surface area contributed by atoms with Crippen molar-refractivity contribution < 1.29 is 18.6 Å². The van der Waals surface area contributed by atoms with Gasteiger partial charge in [-0.3, -0.25) is 0 Å². The Morgan fingerprint density at radius 2 is 1.92 bits per heavy atom. The minimum absolute atomic E-state index is 0.0110. The predicted octanol–water partition coefficient (Wildman–Crippen LogP) is 0.853. The highest BCUT2D eigenvalue weighted by atomic mass is 32.2. The zero-order valence-corrected chi connectivity index (χ0v) is 15.1. The van der Waals surface area contributed by atoms with Gasteiger partial charge in [-0.05, 0) is 32.4 Å². The molecule has 0 unspecified atom stereocenters. The third-order valence-corrected chi connectivity index (χ3v) is 6.86. The summed E-state index contributed by atoms with van der Waals surface area (Å²) in [6, 6.07) is 9.37. The lowest BCUT2D eigenvalue weighted by Gasteiger charge is -2.34. The van der Waals surface area contributed by atoms with Crippen LogP contribution >= 0.6 is 0 Å². The number of nitrogens with zero attached hydrogens (tertiary/aromatic N) is 3. The summed E-state index contributed by atoms with van der Waals surface area (Å²) in [4.78, 5) is 0.186. The molecule has 0 amide bonds. The molecule has 8 heteroatoms. The van der Waals surface area contributed by atoms with Crippen LogP contribution in [0.1, 0.15) is 17.8 Å². The van der Waals surface area contributed by atoms with E-state index in [0.717, 1.165) is 5.69 Å². The van der Waals surface area contributed by atoms with Crippen molar-refractivity contribution in [3.63, 3.8) is 0 Å². The van der Waals surface area contributed by atoms with Crippen LogP contribution in [-0.2, 0) is 10.0 Å². The molecule has 7 nitrogen and oxygen atoms in total. The first kappa shape index (κ1) is 18.1. The SMILES string of the molecule is Cc1nn(-c2ccccc2)c(C)c1S(=O)(=O)N1CC[C@H](CO)[C@H](O)C1. The van der Waals surface area contributed by atoms with Crippen LogP contribution < -0.4 is 0 Å². The van der Waals surface area contributed by atoms with Crippen molar-refractivity contribution >= 4 is 10.0 Å². The molecule has 1 saturated heterocycles. The molecule has 2 heterocycles. The molecule has 2 atom stereocenters. The van der Waals surface area contributed by atoms with Crippen LogP contribution in [0.3, 0.4) is 0 Å². The molecule has 1 fully saturated rings. The number of aliphatic hydroxyl groups excluding tert-OH is 2. The van der Waals surface area contributed by atoms with Crippen molar-refractivity contribution in [1.82, 2.24) is 14.1 Å². The molecule has 0 bridgehead atoms.